The number of aromatic hydroxyl groups is 1. The van der Waals surface area contributed by atoms with Crippen LogP contribution in [0.3, 0.4) is 0 Å². The first kappa shape index (κ1) is 11.1. The Morgan fingerprint density at radius 1 is 1.50 bits per heavy atom. The number of hydrogen-bond donors (Lipinski definition) is 2. The molecule has 0 atom stereocenters. The van der Waals surface area contributed by atoms with Crippen LogP contribution >= 0.6 is 0 Å². The van der Waals surface area contributed by atoms with Gasteiger partial charge in [0.2, 0.25) is 5.88 Å². The van der Waals surface area contributed by atoms with Crippen LogP contribution in [0.4, 0.5) is 0 Å². The average Bonchev–Trinajstić information content (AvgIpc) is 2.25. The molecule has 0 amide bonds. The molecule has 0 aromatic carbocycles. The lowest BCUT2D eigenvalue weighted by molar-refractivity contribution is 0.0336. The van der Waals surface area contributed by atoms with Gasteiger partial charge in [0.25, 0.3) is 5.56 Å². The summed E-state index contributed by atoms with van der Waals surface area (Å²) < 4.78 is 5.21. The van der Waals surface area contributed by atoms with E-state index in [0.29, 0.717) is 31.1 Å². The molecule has 0 saturated carbocycles. The highest BCUT2D eigenvalue weighted by molar-refractivity contribution is 5.22. The van der Waals surface area contributed by atoms with Gasteiger partial charge < -0.3 is 14.8 Å². The SMILES string of the molecule is Cc1nc(O)c(CN2CCOCC2)c(=O)[nH]1. The molecule has 0 bridgehead atoms. The van der Waals surface area contributed by atoms with Crippen LogP contribution in [0.2, 0.25) is 0 Å². The molecule has 1 fully saturated rings. The largest absolute Gasteiger partial charge is 0.493 e. The maximum Gasteiger partial charge on any atom is 0.259 e. The molecule has 1 aromatic rings. The summed E-state index contributed by atoms with van der Waals surface area (Å²) in [6.45, 7) is 4.92. The van der Waals surface area contributed by atoms with Gasteiger partial charge in [-0.15, -0.1) is 0 Å². The van der Waals surface area contributed by atoms with Gasteiger partial charge in [-0.2, -0.15) is 0 Å². The van der Waals surface area contributed by atoms with E-state index in [4.69, 9.17) is 4.74 Å². The van der Waals surface area contributed by atoms with Gasteiger partial charge in [0.05, 0.1) is 18.8 Å². The number of H-pyrrole nitrogens is 1. The van der Waals surface area contributed by atoms with E-state index < -0.39 is 0 Å². The summed E-state index contributed by atoms with van der Waals surface area (Å²) in [7, 11) is 0. The molecular weight excluding hydrogens is 210 g/mol. The van der Waals surface area contributed by atoms with Crippen LogP contribution in [0.15, 0.2) is 4.79 Å². The Morgan fingerprint density at radius 2 is 2.19 bits per heavy atom. The third-order valence-corrected chi connectivity index (χ3v) is 2.60. The van der Waals surface area contributed by atoms with Crippen LogP contribution in [0, 0.1) is 6.92 Å². The van der Waals surface area contributed by atoms with Gasteiger partial charge in [0.1, 0.15) is 5.82 Å². The summed E-state index contributed by atoms with van der Waals surface area (Å²) in [4.78, 5) is 20.1. The number of morpholine rings is 1. The zero-order chi connectivity index (χ0) is 11.5. The van der Waals surface area contributed by atoms with Crippen molar-refractivity contribution in [2.24, 2.45) is 0 Å². The van der Waals surface area contributed by atoms with E-state index >= 15 is 0 Å². The Morgan fingerprint density at radius 3 is 2.81 bits per heavy atom. The van der Waals surface area contributed by atoms with Gasteiger partial charge in [-0.25, -0.2) is 4.98 Å². The van der Waals surface area contributed by atoms with Crippen molar-refractivity contribution < 1.29 is 9.84 Å². The van der Waals surface area contributed by atoms with E-state index in [2.05, 4.69) is 14.9 Å². The standard InChI is InChI=1S/C10H15N3O3/c1-7-11-9(14)8(10(15)12-7)6-13-2-4-16-5-3-13/h2-6H2,1H3,(H2,11,12,14,15). The number of nitrogens with one attached hydrogen (secondary N) is 1. The summed E-state index contributed by atoms with van der Waals surface area (Å²) in [6.07, 6.45) is 0. The van der Waals surface area contributed by atoms with Crippen LogP contribution in [0.5, 0.6) is 5.88 Å². The first-order valence-corrected chi connectivity index (χ1v) is 5.25. The summed E-state index contributed by atoms with van der Waals surface area (Å²) in [6, 6.07) is 0. The monoisotopic (exact) mass is 225 g/mol. The fourth-order valence-electron chi connectivity index (χ4n) is 1.72. The first-order chi connectivity index (χ1) is 7.66. The molecule has 16 heavy (non-hydrogen) atoms. The van der Waals surface area contributed by atoms with Gasteiger partial charge in [-0.05, 0) is 6.92 Å². The number of rotatable bonds is 2. The molecule has 1 aliphatic heterocycles. The van der Waals surface area contributed by atoms with Crippen molar-refractivity contribution in [2.75, 3.05) is 26.3 Å². The van der Waals surface area contributed by atoms with Gasteiger partial charge in [-0.3, -0.25) is 9.69 Å². The first-order valence-electron chi connectivity index (χ1n) is 5.25. The van der Waals surface area contributed by atoms with Crippen molar-refractivity contribution in [2.45, 2.75) is 13.5 Å². The number of aromatic amines is 1. The van der Waals surface area contributed by atoms with E-state index in [0.717, 1.165) is 13.1 Å². The lowest BCUT2D eigenvalue weighted by Crippen LogP contribution is -2.37. The molecule has 2 heterocycles. The average molecular weight is 225 g/mol. The highest BCUT2D eigenvalue weighted by Gasteiger charge is 2.16. The van der Waals surface area contributed by atoms with Crippen molar-refractivity contribution in [3.05, 3.63) is 21.7 Å². The van der Waals surface area contributed by atoms with E-state index in [1.54, 1.807) is 6.92 Å². The zero-order valence-corrected chi connectivity index (χ0v) is 9.19. The van der Waals surface area contributed by atoms with E-state index in [1.807, 2.05) is 0 Å². The van der Waals surface area contributed by atoms with Crippen LogP contribution < -0.4 is 5.56 Å². The fraction of sp³-hybridized carbons (Fsp3) is 0.600. The Hall–Kier alpha value is -1.40. The van der Waals surface area contributed by atoms with Crippen LogP contribution in [-0.4, -0.2) is 46.3 Å². The Bertz CT molecular complexity index is 424. The third kappa shape index (κ3) is 2.40. The normalized spacial score (nSPS) is 17.6. The van der Waals surface area contributed by atoms with Gasteiger partial charge in [0.15, 0.2) is 0 Å². The predicted molar refractivity (Wildman–Crippen MR) is 57.4 cm³/mol. The second kappa shape index (κ2) is 4.63. The lowest BCUT2D eigenvalue weighted by atomic mass is 10.2. The number of aryl methyl sites for hydroxylation is 1. The molecule has 0 unspecified atom stereocenters. The molecule has 1 saturated heterocycles. The molecule has 2 N–H and O–H groups in total. The predicted octanol–water partition coefficient (Wildman–Crippen LogP) is -0.384. The third-order valence-electron chi connectivity index (χ3n) is 2.60. The Kier molecular flexibility index (Phi) is 3.21. The van der Waals surface area contributed by atoms with Crippen molar-refractivity contribution >= 4 is 0 Å². The van der Waals surface area contributed by atoms with Gasteiger partial charge >= 0.3 is 0 Å². The van der Waals surface area contributed by atoms with Crippen molar-refractivity contribution in [1.82, 2.24) is 14.9 Å². The summed E-state index contributed by atoms with van der Waals surface area (Å²) in [5.74, 6) is 0.251. The molecule has 2 rings (SSSR count). The number of aromatic nitrogens is 2. The molecule has 6 nitrogen and oxygen atoms in total. The van der Waals surface area contributed by atoms with E-state index in [1.165, 1.54) is 0 Å². The zero-order valence-electron chi connectivity index (χ0n) is 9.19. The van der Waals surface area contributed by atoms with Crippen molar-refractivity contribution in [3.63, 3.8) is 0 Å². The molecule has 88 valence electrons. The second-order valence-electron chi connectivity index (χ2n) is 3.84. The summed E-state index contributed by atoms with van der Waals surface area (Å²) >= 11 is 0. The molecule has 6 heteroatoms. The summed E-state index contributed by atoms with van der Waals surface area (Å²) in [5.41, 5.74) is 0.0593. The molecule has 0 aliphatic carbocycles. The number of ether oxygens (including phenoxy) is 1. The smallest absolute Gasteiger partial charge is 0.259 e. The molecule has 0 spiro atoms. The minimum atomic E-state index is -0.267. The lowest BCUT2D eigenvalue weighted by Gasteiger charge is -2.26. The highest BCUT2D eigenvalue weighted by Crippen LogP contribution is 2.11. The fourth-order valence-corrected chi connectivity index (χ4v) is 1.72. The Balaban J connectivity index is 2.17. The van der Waals surface area contributed by atoms with Gasteiger partial charge in [0, 0.05) is 19.6 Å². The second-order valence-corrected chi connectivity index (χ2v) is 3.84. The summed E-state index contributed by atoms with van der Waals surface area (Å²) in [5, 5.41) is 9.61. The number of nitrogens with zero attached hydrogens (tertiary/aromatic N) is 2. The van der Waals surface area contributed by atoms with Gasteiger partial charge in [-0.1, -0.05) is 0 Å². The minimum Gasteiger partial charge on any atom is -0.493 e. The molecule has 1 aliphatic rings. The maximum absolute atomic E-state index is 11.6. The topological polar surface area (TPSA) is 78.5 Å². The Labute approximate surface area is 92.9 Å². The van der Waals surface area contributed by atoms with E-state index in [9.17, 15) is 9.90 Å². The van der Waals surface area contributed by atoms with Crippen LogP contribution in [0.1, 0.15) is 11.4 Å². The van der Waals surface area contributed by atoms with Crippen LogP contribution in [0.25, 0.3) is 0 Å². The quantitative estimate of drug-likeness (QED) is 0.717. The highest BCUT2D eigenvalue weighted by atomic mass is 16.5. The van der Waals surface area contributed by atoms with Crippen molar-refractivity contribution in [3.8, 4) is 5.88 Å². The molecule has 1 aromatic heterocycles. The van der Waals surface area contributed by atoms with E-state index in [-0.39, 0.29) is 11.4 Å². The maximum atomic E-state index is 11.6. The molecule has 0 radical (unpaired) electrons. The molecular formula is C10H15N3O3. The van der Waals surface area contributed by atoms with Crippen molar-refractivity contribution in [1.29, 1.82) is 0 Å². The van der Waals surface area contributed by atoms with Crippen LogP contribution in [-0.2, 0) is 11.3 Å². The minimum absolute atomic E-state index is 0.173. The number of hydrogen-bond acceptors (Lipinski definition) is 5.